The van der Waals surface area contributed by atoms with Crippen LogP contribution in [0.3, 0.4) is 0 Å². The van der Waals surface area contributed by atoms with Crippen LogP contribution < -0.4 is 4.74 Å². The van der Waals surface area contributed by atoms with Crippen molar-refractivity contribution in [1.29, 1.82) is 0 Å². The number of hydrogen-bond donors (Lipinski definition) is 1. The van der Waals surface area contributed by atoms with E-state index in [1.807, 2.05) is 6.92 Å². The Morgan fingerprint density at radius 2 is 1.86 bits per heavy atom. The summed E-state index contributed by atoms with van der Waals surface area (Å²) in [6.07, 6.45) is 1.55. The predicted molar refractivity (Wildman–Crippen MR) is 89.6 cm³/mol. The van der Waals surface area contributed by atoms with Gasteiger partial charge in [-0.05, 0) is 48.9 Å². The van der Waals surface area contributed by atoms with Gasteiger partial charge < -0.3 is 9.84 Å². The zero-order valence-electron chi connectivity index (χ0n) is 11.8. The molecule has 5 heteroatoms. The molecule has 1 N–H and O–H groups in total. The second kappa shape index (κ2) is 7.34. The Morgan fingerprint density at radius 1 is 1.18 bits per heavy atom. The molecule has 0 amide bonds. The zero-order valence-corrected chi connectivity index (χ0v) is 13.4. The van der Waals surface area contributed by atoms with E-state index in [0.717, 1.165) is 11.3 Å². The maximum Gasteiger partial charge on any atom is 0.336 e. The molecule has 0 saturated carbocycles. The van der Waals surface area contributed by atoms with Gasteiger partial charge in [0.05, 0.1) is 12.2 Å². The predicted octanol–water partition coefficient (Wildman–Crippen LogP) is 5.02. The first-order chi connectivity index (χ1) is 10.5. The van der Waals surface area contributed by atoms with Gasteiger partial charge in [0.1, 0.15) is 5.75 Å². The number of carboxylic acids is 1. The van der Waals surface area contributed by atoms with Crippen molar-refractivity contribution < 1.29 is 14.6 Å². The third kappa shape index (κ3) is 4.03. The van der Waals surface area contributed by atoms with Crippen LogP contribution in [0.25, 0.3) is 11.6 Å². The molecule has 2 aromatic rings. The molecule has 0 fully saturated rings. The number of carbonyl (C=O) groups is 1. The second-order valence-corrected chi connectivity index (χ2v) is 5.33. The zero-order chi connectivity index (χ0) is 16.1. The minimum Gasteiger partial charge on any atom is -0.494 e. The molecule has 3 nitrogen and oxygen atoms in total. The van der Waals surface area contributed by atoms with E-state index in [1.165, 1.54) is 0 Å². The summed E-state index contributed by atoms with van der Waals surface area (Å²) in [5.74, 6) is -0.338. The van der Waals surface area contributed by atoms with Gasteiger partial charge in [-0.25, -0.2) is 4.79 Å². The van der Waals surface area contributed by atoms with Gasteiger partial charge in [0.15, 0.2) is 0 Å². The van der Waals surface area contributed by atoms with Gasteiger partial charge in [0.25, 0.3) is 0 Å². The normalized spacial score (nSPS) is 11.3. The van der Waals surface area contributed by atoms with Gasteiger partial charge in [0, 0.05) is 15.6 Å². The van der Waals surface area contributed by atoms with Crippen molar-refractivity contribution >= 4 is 40.8 Å². The van der Waals surface area contributed by atoms with E-state index >= 15 is 0 Å². The Bertz CT molecular complexity index is 706. The van der Waals surface area contributed by atoms with E-state index in [1.54, 1.807) is 48.5 Å². The van der Waals surface area contributed by atoms with E-state index in [0.29, 0.717) is 22.2 Å². The minimum atomic E-state index is -1.07. The number of aliphatic carboxylic acids is 1. The van der Waals surface area contributed by atoms with E-state index < -0.39 is 5.97 Å². The third-order valence-electron chi connectivity index (χ3n) is 2.95. The molecule has 22 heavy (non-hydrogen) atoms. The molecular weight excluding hydrogens is 323 g/mol. The van der Waals surface area contributed by atoms with Crippen LogP contribution in [-0.4, -0.2) is 17.7 Å². The average Bonchev–Trinajstić information content (AvgIpc) is 2.49. The molecule has 2 aromatic carbocycles. The van der Waals surface area contributed by atoms with Gasteiger partial charge in [-0.2, -0.15) is 0 Å². The summed E-state index contributed by atoms with van der Waals surface area (Å²) in [6, 6.07) is 11.9. The van der Waals surface area contributed by atoms with Crippen molar-refractivity contribution in [3.8, 4) is 5.75 Å². The fourth-order valence-corrected chi connectivity index (χ4v) is 2.34. The molecular formula is C17H14Cl2O3. The molecule has 0 heterocycles. The van der Waals surface area contributed by atoms with Crippen molar-refractivity contribution in [3.63, 3.8) is 0 Å². The van der Waals surface area contributed by atoms with Crippen molar-refractivity contribution in [2.45, 2.75) is 6.92 Å². The number of carboxylic acid groups (broad SMARTS) is 1. The molecule has 0 saturated heterocycles. The second-order valence-electron chi connectivity index (χ2n) is 4.49. The van der Waals surface area contributed by atoms with Crippen LogP contribution in [0.15, 0.2) is 42.5 Å². The Hall–Kier alpha value is -1.97. The van der Waals surface area contributed by atoms with Crippen LogP contribution in [0.1, 0.15) is 18.1 Å². The molecule has 114 valence electrons. The SMILES string of the molecule is CCOc1ccc(/C=C(\C(=O)O)c2cc(Cl)ccc2Cl)cc1. The highest BCUT2D eigenvalue weighted by Gasteiger charge is 2.14. The average molecular weight is 337 g/mol. The molecule has 0 spiro atoms. The van der Waals surface area contributed by atoms with E-state index in [9.17, 15) is 9.90 Å². The first kappa shape index (κ1) is 16.4. The lowest BCUT2D eigenvalue weighted by molar-refractivity contribution is -0.130. The van der Waals surface area contributed by atoms with Gasteiger partial charge in [-0.3, -0.25) is 0 Å². The highest BCUT2D eigenvalue weighted by molar-refractivity contribution is 6.37. The maximum absolute atomic E-state index is 11.5. The lowest BCUT2D eigenvalue weighted by Gasteiger charge is -2.07. The molecule has 0 unspecified atom stereocenters. The van der Waals surface area contributed by atoms with Crippen LogP contribution in [-0.2, 0) is 4.79 Å². The van der Waals surface area contributed by atoms with Gasteiger partial charge in [-0.15, -0.1) is 0 Å². The maximum atomic E-state index is 11.5. The highest BCUT2D eigenvalue weighted by atomic mass is 35.5. The van der Waals surface area contributed by atoms with Crippen molar-refractivity contribution in [2.75, 3.05) is 6.61 Å². The minimum absolute atomic E-state index is 0.0802. The molecule has 0 radical (unpaired) electrons. The summed E-state index contributed by atoms with van der Waals surface area (Å²) < 4.78 is 5.36. The fraction of sp³-hybridized carbons (Fsp3) is 0.118. The molecule has 0 aliphatic rings. The van der Waals surface area contributed by atoms with Crippen molar-refractivity contribution in [1.82, 2.24) is 0 Å². The number of rotatable bonds is 5. The van der Waals surface area contributed by atoms with Gasteiger partial charge >= 0.3 is 5.97 Å². The lowest BCUT2D eigenvalue weighted by atomic mass is 10.0. The number of ether oxygens (including phenoxy) is 1. The molecule has 0 aromatic heterocycles. The fourth-order valence-electron chi connectivity index (χ4n) is 1.95. The molecule has 0 aliphatic heterocycles. The van der Waals surface area contributed by atoms with Crippen molar-refractivity contribution in [3.05, 3.63) is 63.6 Å². The van der Waals surface area contributed by atoms with E-state index in [4.69, 9.17) is 27.9 Å². The number of hydrogen-bond acceptors (Lipinski definition) is 2. The smallest absolute Gasteiger partial charge is 0.336 e. The van der Waals surface area contributed by atoms with Crippen LogP contribution in [0, 0.1) is 0 Å². The molecule has 2 rings (SSSR count). The first-order valence-electron chi connectivity index (χ1n) is 6.64. The monoisotopic (exact) mass is 336 g/mol. The molecule has 0 bridgehead atoms. The Balaban J connectivity index is 2.43. The Morgan fingerprint density at radius 3 is 2.45 bits per heavy atom. The van der Waals surface area contributed by atoms with E-state index in [2.05, 4.69) is 0 Å². The van der Waals surface area contributed by atoms with Crippen LogP contribution in [0.5, 0.6) is 5.75 Å². The summed E-state index contributed by atoms with van der Waals surface area (Å²) >= 11 is 12.0. The Kier molecular flexibility index (Phi) is 5.47. The first-order valence-corrected chi connectivity index (χ1v) is 7.40. The highest BCUT2D eigenvalue weighted by Crippen LogP contribution is 2.29. The van der Waals surface area contributed by atoms with Crippen LogP contribution >= 0.6 is 23.2 Å². The Labute approximate surface area is 138 Å². The molecule has 0 atom stereocenters. The summed E-state index contributed by atoms with van der Waals surface area (Å²) in [5, 5.41) is 10.2. The van der Waals surface area contributed by atoms with Crippen LogP contribution in [0.4, 0.5) is 0 Å². The van der Waals surface area contributed by atoms with Gasteiger partial charge in [-0.1, -0.05) is 35.3 Å². The third-order valence-corrected chi connectivity index (χ3v) is 3.52. The number of benzene rings is 2. The van der Waals surface area contributed by atoms with Gasteiger partial charge in [0.2, 0.25) is 0 Å². The lowest BCUT2D eigenvalue weighted by Crippen LogP contribution is -2.00. The summed E-state index contributed by atoms with van der Waals surface area (Å²) in [5.41, 5.74) is 1.20. The van der Waals surface area contributed by atoms with E-state index in [-0.39, 0.29) is 5.57 Å². The van der Waals surface area contributed by atoms with Crippen molar-refractivity contribution in [2.24, 2.45) is 0 Å². The van der Waals surface area contributed by atoms with Crippen LogP contribution in [0.2, 0.25) is 10.0 Å². The summed E-state index contributed by atoms with van der Waals surface area (Å²) in [4.78, 5) is 11.5. The summed E-state index contributed by atoms with van der Waals surface area (Å²) in [7, 11) is 0. The summed E-state index contributed by atoms with van der Waals surface area (Å²) in [6.45, 7) is 2.48. The molecule has 0 aliphatic carbocycles. The topological polar surface area (TPSA) is 46.5 Å². The largest absolute Gasteiger partial charge is 0.494 e. The quantitative estimate of drug-likeness (QED) is 0.616. The number of halogens is 2. The standard InChI is InChI=1S/C17H14Cl2O3/c1-2-22-13-6-3-11(4-7-13)9-15(17(20)21)14-10-12(18)5-8-16(14)19/h3-10H,2H2,1H3,(H,20,21)/b15-9-.